The molecule has 0 spiro atoms. The molecule has 3 aliphatic rings. The number of fused-ring (bicyclic) bond motifs is 2. The molecule has 4 atom stereocenters. The molecule has 192 valence electrons. The molecule has 0 aromatic heterocycles. The fourth-order valence-corrected chi connectivity index (χ4v) is 5.93. The average molecular weight is 481 g/mol. The van der Waals surface area contributed by atoms with Gasteiger partial charge in [-0.05, 0) is 111 Å². The lowest BCUT2D eigenvalue weighted by molar-refractivity contribution is -0.0256. The molecule has 0 radical (unpaired) electrons. The van der Waals surface area contributed by atoms with E-state index in [1.165, 1.54) is 41.5 Å². The van der Waals surface area contributed by atoms with Gasteiger partial charge in [-0.25, -0.2) is 4.39 Å². The predicted octanol–water partition coefficient (Wildman–Crippen LogP) is 6.32. The number of rotatable bonds is 6. The highest BCUT2D eigenvalue weighted by atomic mass is 19.1. The van der Waals surface area contributed by atoms with E-state index in [9.17, 15) is 4.39 Å². The first kappa shape index (κ1) is 26.3. The lowest BCUT2D eigenvalue weighted by atomic mass is 9.77. The Labute approximate surface area is 212 Å². The molecule has 1 aliphatic heterocycles. The van der Waals surface area contributed by atoms with E-state index in [-0.39, 0.29) is 5.82 Å². The van der Waals surface area contributed by atoms with E-state index in [4.69, 9.17) is 4.74 Å². The minimum atomic E-state index is -0.101. The monoisotopic (exact) mass is 480 g/mol. The SMILES string of the molecule is CC(C[C@@H]1c2ccccc2Cc2ccc(F)cc2C1C)C1CC1.CN(C)CCC1CN(C)CCO1. The van der Waals surface area contributed by atoms with Gasteiger partial charge in [0.15, 0.2) is 0 Å². The van der Waals surface area contributed by atoms with Crippen molar-refractivity contribution < 1.29 is 9.13 Å². The largest absolute Gasteiger partial charge is 0.376 e. The third-order valence-corrected chi connectivity index (χ3v) is 8.33. The molecule has 35 heavy (non-hydrogen) atoms. The van der Waals surface area contributed by atoms with Crippen LogP contribution in [0.5, 0.6) is 0 Å². The van der Waals surface area contributed by atoms with Crippen molar-refractivity contribution in [1.29, 1.82) is 0 Å². The van der Waals surface area contributed by atoms with Crippen LogP contribution in [0.4, 0.5) is 4.39 Å². The Hall–Kier alpha value is -1.75. The number of hydrogen-bond acceptors (Lipinski definition) is 3. The van der Waals surface area contributed by atoms with Crippen LogP contribution in [-0.4, -0.2) is 63.3 Å². The van der Waals surface area contributed by atoms with Crippen molar-refractivity contribution in [3.8, 4) is 0 Å². The van der Waals surface area contributed by atoms with Gasteiger partial charge < -0.3 is 14.5 Å². The van der Waals surface area contributed by atoms with Crippen LogP contribution in [0.1, 0.15) is 73.6 Å². The normalized spacial score (nSPS) is 25.2. The van der Waals surface area contributed by atoms with E-state index in [0.29, 0.717) is 17.9 Å². The van der Waals surface area contributed by atoms with Gasteiger partial charge in [0.05, 0.1) is 12.7 Å². The first-order valence-electron chi connectivity index (χ1n) is 13.6. The Morgan fingerprint density at radius 1 is 1.09 bits per heavy atom. The molecule has 5 rings (SSSR count). The number of benzene rings is 2. The van der Waals surface area contributed by atoms with Crippen LogP contribution in [0.3, 0.4) is 0 Å². The van der Waals surface area contributed by atoms with Crippen molar-refractivity contribution in [3.63, 3.8) is 0 Å². The van der Waals surface area contributed by atoms with Gasteiger partial charge in [0, 0.05) is 19.6 Å². The number of nitrogens with zero attached hydrogens (tertiary/aromatic N) is 2. The lowest BCUT2D eigenvalue weighted by Crippen LogP contribution is -2.41. The van der Waals surface area contributed by atoms with Crippen molar-refractivity contribution in [2.24, 2.45) is 11.8 Å². The van der Waals surface area contributed by atoms with Crippen molar-refractivity contribution in [2.45, 2.75) is 63.9 Å². The molecular weight excluding hydrogens is 435 g/mol. The average Bonchev–Trinajstić information content (AvgIpc) is 3.69. The molecule has 1 saturated carbocycles. The molecule has 1 heterocycles. The summed E-state index contributed by atoms with van der Waals surface area (Å²) in [6.07, 6.45) is 6.55. The van der Waals surface area contributed by atoms with Gasteiger partial charge in [-0.3, -0.25) is 0 Å². The van der Waals surface area contributed by atoms with E-state index in [1.807, 2.05) is 6.07 Å². The van der Waals surface area contributed by atoms with Crippen molar-refractivity contribution >= 4 is 0 Å². The molecule has 2 fully saturated rings. The molecule has 0 bridgehead atoms. The van der Waals surface area contributed by atoms with Gasteiger partial charge in [0.25, 0.3) is 0 Å². The summed E-state index contributed by atoms with van der Waals surface area (Å²) in [5.41, 5.74) is 5.43. The van der Waals surface area contributed by atoms with E-state index in [2.05, 4.69) is 69.1 Å². The highest BCUT2D eigenvalue weighted by Gasteiger charge is 2.34. The summed E-state index contributed by atoms with van der Waals surface area (Å²) in [4.78, 5) is 4.54. The molecule has 3 unspecified atom stereocenters. The van der Waals surface area contributed by atoms with Crippen molar-refractivity contribution in [1.82, 2.24) is 9.80 Å². The molecule has 3 nitrogen and oxygen atoms in total. The summed E-state index contributed by atoms with van der Waals surface area (Å²) >= 11 is 0. The van der Waals surface area contributed by atoms with E-state index < -0.39 is 0 Å². The zero-order valence-corrected chi connectivity index (χ0v) is 22.5. The summed E-state index contributed by atoms with van der Waals surface area (Å²) in [7, 11) is 6.37. The first-order chi connectivity index (χ1) is 16.8. The Bertz CT molecular complexity index is 957. The van der Waals surface area contributed by atoms with Crippen LogP contribution in [0.15, 0.2) is 42.5 Å². The van der Waals surface area contributed by atoms with Gasteiger partial charge in [0.1, 0.15) is 5.82 Å². The second kappa shape index (κ2) is 12.0. The van der Waals surface area contributed by atoms with Gasteiger partial charge in [-0.15, -0.1) is 0 Å². The Morgan fingerprint density at radius 2 is 1.83 bits per heavy atom. The summed E-state index contributed by atoms with van der Waals surface area (Å²) in [6, 6.07) is 14.2. The van der Waals surface area contributed by atoms with Crippen LogP contribution in [0.2, 0.25) is 0 Å². The molecule has 0 N–H and O–H groups in total. The van der Waals surface area contributed by atoms with E-state index >= 15 is 0 Å². The van der Waals surface area contributed by atoms with E-state index in [0.717, 1.165) is 50.9 Å². The fourth-order valence-electron chi connectivity index (χ4n) is 5.93. The van der Waals surface area contributed by atoms with Gasteiger partial charge in [-0.2, -0.15) is 0 Å². The second-order valence-electron chi connectivity index (χ2n) is 11.5. The molecule has 2 aromatic rings. The number of hydrogen-bond donors (Lipinski definition) is 0. The minimum absolute atomic E-state index is 0.101. The highest BCUT2D eigenvalue weighted by molar-refractivity contribution is 5.45. The Morgan fingerprint density at radius 3 is 2.54 bits per heavy atom. The Balaban J connectivity index is 0.000000204. The van der Waals surface area contributed by atoms with E-state index in [1.54, 1.807) is 12.1 Å². The minimum Gasteiger partial charge on any atom is -0.376 e. The van der Waals surface area contributed by atoms with Crippen LogP contribution < -0.4 is 0 Å². The molecule has 2 aliphatic carbocycles. The van der Waals surface area contributed by atoms with Crippen LogP contribution >= 0.6 is 0 Å². The number of morpholine rings is 1. The molecule has 4 heteroatoms. The molecule has 2 aromatic carbocycles. The quantitative estimate of drug-likeness (QED) is 0.481. The van der Waals surface area contributed by atoms with Crippen LogP contribution in [0.25, 0.3) is 0 Å². The maximum atomic E-state index is 13.9. The lowest BCUT2D eigenvalue weighted by Gasteiger charge is -2.30. The summed E-state index contributed by atoms with van der Waals surface area (Å²) < 4.78 is 19.5. The van der Waals surface area contributed by atoms with Crippen LogP contribution in [0, 0.1) is 17.7 Å². The number of likely N-dealkylation sites (N-methyl/N-ethyl adjacent to an activating group) is 1. The summed E-state index contributed by atoms with van der Waals surface area (Å²) in [6.45, 7) is 8.90. The molecule has 0 amide bonds. The van der Waals surface area contributed by atoms with Gasteiger partial charge >= 0.3 is 0 Å². The smallest absolute Gasteiger partial charge is 0.123 e. The maximum absolute atomic E-state index is 13.9. The van der Waals surface area contributed by atoms with Crippen LogP contribution in [-0.2, 0) is 11.2 Å². The standard InChI is InChI=1S/C22H25F.C9H20N2O/c1-14(16-7-8-16)11-22-15(2)21-13-19(23)10-9-18(21)12-17-5-3-4-6-20(17)22;1-10(2)5-4-9-8-11(3)6-7-12-9/h3-6,9-10,13-16,22H,7-8,11-12H2,1-2H3;9H,4-8H2,1-3H3/t14?,15?,22-;/m0./s1. The third-order valence-electron chi connectivity index (χ3n) is 8.33. The van der Waals surface area contributed by atoms with Crippen molar-refractivity contribution in [2.75, 3.05) is 47.4 Å². The summed E-state index contributed by atoms with van der Waals surface area (Å²) in [5, 5.41) is 0. The zero-order valence-electron chi connectivity index (χ0n) is 22.5. The summed E-state index contributed by atoms with van der Waals surface area (Å²) in [5.74, 6) is 2.47. The topological polar surface area (TPSA) is 15.7 Å². The second-order valence-corrected chi connectivity index (χ2v) is 11.5. The van der Waals surface area contributed by atoms with Crippen molar-refractivity contribution in [3.05, 3.63) is 70.5 Å². The zero-order chi connectivity index (χ0) is 24.9. The molecule has 1 saturated heterocycles. The predicted molar refractivity (Wildman–Crippen MR) is 144 cm³/mol. The third kappa shape index (κ3) is 7.15. The van der Waals surface area contributed by atoms with Gasteiger partial charge in [-0.1, -0.05) is 44.2 Å². The maximum Gasteiger partial charge on any atom is 0.123 e. The first-order valence-corrected chi connectivity index (χ1v) is 13.6. The van der Waals surface area contributed by atoms with Gasteiger partial charge in [0.2, 0.25) is 0 Å². The highest BCUT2D eigenvalue weighted by Crippen LogP contribution is 2.47. The molecular formula is C31H45FN2O. The number of halogens is 1. The number of ether oxygens (including phenoxy) is 1. The fraction of sp³-hybridized carbons (Fsp3) is 0.613. The Kier molecular flexibility index (Phi) is 9.02.